The lowest BCUT2D eigenvalue weighted by molar-refractivity contribution is -0.117. The number of nitrogens with zero attached hydrogens (tertiary/aromatic N) is 2. The fourth-order valence-corrected chi connectivity index (χ4v) is 2.99. The molecule has 0 spiro atoms. The first kappa shape index (κ1) is 17.8. The van der Waals surface area contributed by atoms with Gasteiger partial charge in [0.05, 0.1) is 0 Å². The van der Waals surface area contributed by atoms with E-state index >= 15 is 0 Å². The van der Waals surface area contributed by atoms with Crippen LogP contribution >= 0.6 is 11.3 Å². The molecule has 0 aliphatic rings. The second-order valence-corrected chi connectivity index (χ2v) is 6.81. The van der Waals surface area contributed by atoms with Gasteiger partial charge in [0.1, 0.15) is 11.0 Å². The van der Waals surface area contributed by atoms with Crippen molar-refractivity contribution in [3.8, 4) is 10.6 Å². The number of anilines is 1. The van der Waals surface area contributed by atoms with Gasteiger partial charge in [-0.2, -0.15) is 0 Å². The highest BCUT2D eigenvalue weighted by Gasteiger charge is 2.18. The molecule has 0 aliphatic heterocycles. The molecule has 0 fully saturated rings. The Morgan fingerprint density at radius 2 is 1.69 bits per heavy atom. The van der Waals surface area contributed by atoms with Gasteiger partial charge in [-0.25, -0.2) is 0 Å². The van der Waals surface area contributed by atoms with Gasteiger partial charge in [-0.05, 0) is 26.0 Å². The Morgan fingerprint density at radius 3 is 2.38 bits per heavy atom. The van der Waals surface area contributed by atoms with Crippen molar-refractivity contribution in [1.82, 2.24) is 15.5 Å². The van der Waals surface area contributed by atoms with E-state index in [1.165, 1.54) is 11.3 Å². The lowest BCUT2D eigenvalue weighted by Gasteiger charge is -2.12. The summed E-state index contributed by atoms with van der Waals surface area (Å²) in [6, 6.07) is 16.0. The molecule has 2 aromatic carbocycles. The first-order valence-corrected chi connectivity index (χ1v) is 8.92. The Hall–Kier alpha value is -3.06. The molecular formula is C19H18N4O2S. The predicted molar refractivity (Wildman–Crippen MR) is 102 cm³/mol. The number of amides is 2. The molecule has 0 radical (unpaired) electrons. The molecule has 1 unspecified atom stereocenters. The van der Waals surface area contributed by atoms with Crippen LogP contribution < -0.4 is 10.6 Å². The molecule has 1 heterocycles. The number of aryl methyl sites for hydroxylation is 1. The van der Waals surface area contributed by atoms with E-state index in [-0.39, 0.29) is 11.8 Å². The molecule has 3 aromatic rings. The molecule has 1 atom stereocenters. The van der Waals surface area contributed by atoms with E-state index in [0.717, 1.165) is 16.1 Å². The highest BCUT2D eigenvalue weighted by atomic mass is 32.1. The summed E-state index contributed by atoms with van der Waals surface area (Å²) in [4.78, 5) is 24.4. The van der Waals surface area contributed by atoms with Gasteiger partial charge in [0.25, 0.3) is 5.91 Å². The smallest absolute Gasteiger partial charge is 0.251 e. The molecule has 6 nitrogen and oxygen atoms in total. The fourth-order valence-electron chi connectivity index (χ4n) is 2.24. The van der Waals surface area contributed by atoms with Crippen LogP contribution in [0.3, 0.4) is 0 Å². The van der Waals surface area contributed by atoms with Crippen molar-refractivity contribution < 1.29 is 9.59 Å². The molecule has 0 saturated heterocycles. The molecule has 132 valence electrons. The summed E-state index contributed by atoms with van der Waals surface area (Å²) in [5, 5.41) is 14.6. The van der Waals surface area contributed by atoms with E-state index in [0.29, 0.717) is 10.7 Å². The third-order valence-corrected chi connectivity index (χ3v) is 4.62. The van der Waals surface area contributed by atoms with Gasteiger partial charge < -0.3 is 5.32 Å². The number of nitrogens with one attached hydrogen (secondary N) is 2. The Balaban J connectivity index is 1.61. The minimum atomic E-state index is -0.700. The summed E-state index contributed by atoms with van der Waals surface area (Å²) < 4.78 is 0. The number of hydrogen-bond acceptors (Lipinski definition) is 5. The Kier molecular flexibility index (Phi) is 5.38. The van der Waals surface area contributed by atoms with Crippen molar-refractivity contribution in [2.75, 3.05) is 5.32 Å². The van der Waals surface area contributed by atoms with Gasteiger partial charge in [0.2, 0.25) is 11.0 Å². The predicted octanol–water partition coefficient (Wildman–Crippen LogP) is 3.27. The summed E-state index contributed by atoms with van der Waals surface area (Å²) in [6.07, 6.45) is 0. The van der Waals surface area contributed by atoms with Crippen molar-refractivity contribution in [3.63, 3.8) is 0 Å². The third-order valence-electron chi connectivity index (χ3n) is 3.73. The van der Waals surface area contributed by atoms with E-state index in [2.05, 4.69) is 20.8 Å². The van der Waals surface area contributed by atoms with E-state index in [9.17, 15) is 9.59 Å². The lowest BCUT2D eigenvalue weighted by atomic mass is 10.2. The molecule has 1 aromatic heterocycles. The van der Waals surface area contributed by atoms with Gasteiger partial charge in [-0.3, -0.25) is 14.9 Å². The number of hydrogen-bond donors (Lipinski definition) is 2. The summed E-state index contributed by atoms with van der Waals surface area (Å²) >= 11 is 1.29. The summed E-state index contributed by atoms with van der Waals surface area (Å²) in [7, 11) is 0. The maximum absolute atomic E-state index is 12.3. The molecule has 0 bridgehead atoms. The van der Waals surface area contributed by atoms with Crippen molar-refractivity contribution >= 4 is 28.3 Å². The largest absolute Gasteiger partial charge is 0.341 e. The van der Waals surface area contributed by atoms with Gasteiger partial charge in [-0.1, -0.05) is 59.4 Å². The quantitative estimate of drug-likeness (QED) is 0.726. The zero-order chi connectivity index (χ0) is 18.5. The first-order valence-electron chi connectivity index (χ1n) is 8.10. The van der Waals surface area contributed by atoms with Crippen LogP contribution in [0, 0.1) is 6.92 Å². The zero-order valence-electron chi connectivity index (χ0n) is 14.4. The van der Waals surface area contributed by atoms with Crippen LogP contribution in [-0.2, 0) is 4.79 Å². The number of carbonyl (C=O) groups excluding carboxylic acids is 2. The summed E-state index contributed by atoms with van der Waals surface area (Å²) in [6.45, 7) is 3.64. The molecule has 2 amide bonds. The van der Waals surface area contributed by atoms with Gasteiger partial charge in [0.15, 0.2) is 0 Å². The van der Waals surface area contributed by atoms with Crippen LogP contribution in [-0.4, -0.2) is 28.1 Å². The maximum atomic E-state index is 12.3. The van der Waals surface area contributed by atoms with Crippen molar-refractivity contribution in [2.24, 2.45) is 0 Å². The Morgan fingerprint density at radius 1 is 1.00 bits per heavy atom. The van der Waals surface area contributed by atoms with Crippen molar-refractivity contribution in [1.29, 1.82) is 0 Å². The van der Waals surface area contributed by atoms with Gasteiger partial charge >= 0.3 is 0 Å². The molecule has 2 N–H and O–H groups in total. The summed E-state index contributed by atoms with van der Waals surface area (Å²) in [5.41, 5.74) is 2.61. The molecule has 0 aliphatic carbocycles. The number of benzene rings is 2. The minimum absolute atomic E-state index is 0.300. The molecule has 26 heavy (non-hydrogen) atoms. The monoisotopic (exact) mass is 366 g/mol. The SMILES string of the molecule is Cc1ccc(-c2nnc(NC(=O)C(C)NC(=O)c3ccccc3)s2)cc1. The number of rotatable bonds is 5. The first-order chi connectivity index (χ1) is 12.5. The van der Waals surface area contributed by atoms with Crippen LogP contribution in [0.5, 0.6) is 0 Å². The van der Waals surface area contributed by atoms with Crippen LogP contribution in [0.1, 0.15) is 22.8 Å². The lowest BCUT2D eigenvalue weighted by Crippen LogP contribution is -2.41. The highest BCUT2D eigenvalue weighted by molar-refractivity contribution is 7.18. The average molecular weight is 366 g/mol. The number of carbonyl (C=O) groups is 2. The van der Waals surface area contributed by atoms with Crippen LogP contribution in [0.15, 0.2) is 54.6 Å². The van der Waals surface area contributed by atoms with Crippen molar-refractivity contribution in [2.45, 2.75) is 19.9 Å². The van der Waals surface area contributed by atoms with E-state index in [1.807, 2.05) is 37.3 Å². The van der Waals surface area contributed by atoms with Gasteiger partial charge in [-0.15, -0.1) is 10.2 Å². The number of aromatic nitrogens is 2. The third kappa shape index (κ3) is 4.31. The van der Waals surface area contributed by atoms with Gasteiger partial charge in [0, 0.05) is 11.1 Å². The Labute approximate surface area is 155 Å². The highest BCUT2D eigenvalue weighted by Crippen LogP contribution is 2.26. The molecule has 0 saturated carbocycles. The second kappa shape index (κ2) is 7.88. The van der Waals surface area contributed by atoms with E-state index in [1.54, 1.807) is 31.2 Å². The molecular weight excluding hydrogens is 348 g/mol. The van der Waals surface area contributed by atoms with E-state index in [4.69, 9.17) is 0 Å². The van der Waals surface area contributed by atoms with Crippen LogP contribution in [0.25, 0.3) is 10.6 Å². The van der Waals surface area contributed by atoms with E-state index < -0.39 is 6.04 Å². The fraction of sp³-hybridized carbons (Fsp3) is 0.158. The summed E-state index contributed by atoms with van der Waals surface area (Å²) in [5.74, 6) is -0.647. The topological polar surface area (TPSA) is 84.0 Å². The standard InChI is InChI=1S/C19H18N4O2S/c1-12-8-10-15(11-9-12)18-22-23-19(26-18)21-16(24)13(2)20-17(25)14-6-4-3-5-7-14/h3-11,13H,1-2H3,(H,20,25)(H,21,23,24). The molecule has 3 rings (SSSR count). The minimum Gasteiger partial charge on any atom is -0.341 e. The normalized spacial score (nSPS) is 11.6. The van der Waals surface area contributed by atoms with Crippen molar-refractivity contribution in [3.05, 3.63) is 65.7 Å². The van der Waals surface area contributed by atoms with Crippen LogP contribution in [0.2, 0.25) is 0 Å². The maximum Gasteiger partial charge on any atom is 0.251 e. The Bertz CT molecular complexity index is 907. The second-order valence-electron chi connectivity index (χ2n) is 5.83. The van der Waals surface area contributed by atoms with Crippen LogP contribution in [0.4, 0.5) is 5.13 Å². The molecule has 7 heteroatoms. The average Bonchev–Trinajstić information content (AvgIpc) is 3.11. The zero-order valence-corrected chi connectivity index (χ0v) is 15.2.